The molecule has 2 heterocycles. The molecular weight excluding hydrogens is 180 g/mol. The first kappa shape index (κ1) is 9.13. The monoisotopic (exact) mass is 196 g/mol. The molecular formula is C10H16N2S. The van der Waals surface area contributed by atoms with Crippen LogP contribution < -0.4 is 0 Å². The van der Waals surface area contributed by atoms with Gasteiger partial charge >= 0.3 is 0 Å². The van der Waals surface area contributed by atoms with Gasteiger partial charge in [0.05, 0.1) is 5.03 Å². The Kier molecular flexibility index (Phi) is 2.63. The van der Waals surface area contributed by atoms with Gasteiger partial charge in [-0.2, -0.15) is 0 Å². The van der Waals surface area contributed by atoms with Crippen LogP contribution in [0.15, 0.2) is 15.6 Å². The van der Waals surface area contributed by atoms with Crippen molar-refractivity contribution in [2.75, 3.05) is 19.0 Å². The third-order valence-corrected chi connectivity index (χ3v) is 3.71. The van der Waals surface area contributed by atoms with Crippen LogP contribution in [0.25, 0.3) is 0 Å². The molecule has 13 heavy (non-hydrogen) atoms. The standard InChI is InChI=1S/C10H16N2S/c1-8(2)9-6-11-7-12-4-3-5-13-10(9)12/h6,8H,3-5,7H2,1-2H3. The second kappa shape index (κ2) is 3.74. The van der Waals surface area contributed by atoms with Crippen LogP contribution in [0.1, 0.15) is 20.3 Å². The zero-order valence-electron chi connectivity index (χ0n) is 8.29. The topological polar surface area (TPSA) is 15.6 Å². The minimum Gasteiger partial charge on any atom is -0.347 e. The molecule has 0 atom stereocenters. The molecule has 0 bridgehead atoms. The molecule has 0 aliphatic carbocycles. The van der Waals surface area contributed by atoms with E-state index in [-0.39, 0.29) is 0 Å². The van der Waals surface area contributed by atoms with Gasteiger partial charge in [-0.1, -0.05) is 13.8 Å². The fourth-order valence-corrected chi connectivity index (χ4v) is 2.96. The summed E-state index contributed by atoms with van der Waals surface area (Å²) in [7, 11) is 0. The van der Waals surface area contributed by atoms with Crippen LogP contribution in [0.2, 0.25) is 0 Å². The maximum atomic E-state index is 4.39. The lowest BCUT2D eigenvalue weighted by molar-refractivity contribution is 0.364. The normalized spacial score (nSPS) is 22.5. The summed E-state index contributed by atoms with van der Waals surface area (Å²) in [5.41, 5.74) is 1.43. The molecule has 2 aliphatic rings. The number of hydrogen-bond donors (Lipinski definition) is 0. The lowest BCUT2D eigenvalue weighted by atomic mass is 10.0. The Labute approximate surface area is 84.1 Å². The number of aliphatic imine (C=N–C) groups is 1. The number of allylic oxidation sites excluding steroid dienone is 1. The lowest BCUT2D eigenvalue weighted by Gasteiger charge is -2.34. The molecule has 0 aromatic heterocycles. The summed E-state index contributed by atoms with van der Waals surface area (Å²) in [5, 5.41) is 1.48. The van der Waals surface area contributed by atoms with E-state index >= 15 is 0 Å². The molecule has 0 radical (unpaired) electrons. The van der Waals surface area contributed by atoms with Gasteiger partial charge in [-0.15, -0.1) is 11.8 Å². The Morgan fingerprint density at radius 2 is 2.38 bits per heavy atom. The van der Waals surface area contributed by atoms with Crippen LogP contribution >= 0.6 is 11.8 Å². The summed E-state index contributed by atoms with van der Waals surface area (Å²) in [6.07, 6.45) is 3.36. The molecule has 72 valence electrons. The Bertz CT molecular complexity index is 256. The quantitative estimate of drug-likeness (QED) is 0.639. The van der Waals surface area contributed by atoms with Crippen molar-refractivity contribution in [1.29, 1.82) is 0 Å². The SMILES string of the molecule is CC(C)C1=C2SCCCN2CN=C1. The van der Waals surface area contributed by atoms with Gasteiger partial charge in [0, 0.05) is 24.1 Å². The van der Waals surface area contributed by atoms with Gasteiger partial charge < -0.3 is 4.90 Å². The molecule has 2 nitrogen and oxygen atoms in total. The largest absolute Gasteiger partial charge is 0.347 e. The summed E-state index contributed by atoms with van der Waals surface area (Å²) >= 11 is 2.00. The van der Waals surface area contributed by atoms with E-state index in [2.05, 4.69) is 30.0 Å². The van der Waals surface area contributed by atoms with Gasteiger partial charge in [-0.3, -0.25) is 4.99 Å². The maximum absolute atomic E-state index is 4.39. The third kappa shape index (κ3) is 1.75. The minimum atomic E-state index is 0.604. The van der Waals surface area contributed by atoms with Crippen LogP contribution in [0, 0.1) is 5.92 Å². The first-order valence-corrected chi connectivity index (χ1v) is 5.89. The van der Waals surface area contributed by atoms with Gasteiger partial charge in [0.2, 0.25) is 0 Å². The lowest BCUT2D eigenvalue weighted by Crippen LogP contribution is -2.31. The zero-order chi connectivity index (χ0) is 9.26. The third-order valence-electron chi connectivity index (χ3n) is 2.45. The summed E-state index contributed by atoms with van der Waals surface area (Å²) < 4.78 is 0. The first-order chi connectivity index (χ1) is 6.29. The summed E-state index contributed by atoms with van der Waals surface area (Å²) in [6.45, 7) is 6.55. The van der Waals surface area contributed by atoms with Gasteiger partial charge in [-0.25, -0.2) is 0 Å². The van der Waals surface area contributed by atoms with E-state index in [4.69, 9.17) is 0 Å². The average Bonchev–Trinajstić information content (AvgIpc) is 2.17. The second-order valence-corrected chi connectivity index (χ2v) is 4.92. The highest BCUT2D eigenvalue weighted by Gasteiger charge is 2.22. The van der Waals surface area contributed by atoms with Crippen LogP contribution in [0.3, 0.4) is 0 Å². The predicted molar refractivity (Wildman–Crippen MR) is 59.0 cm³/mol. The number of hydrogen-bond acceptors (Lipinski definition) is 3. The number of fused-ring (bicyclic) bond motifs is 1. The van der Waals surface area contributed by atoms with E-state index in [9.17, 15) is 0 Å². The van der Waals surface area contributed by atoms with Crippen molar-refractivity contribution in [3.05, 3.63) is 10.6 Å². The summed E-state index contributed by atoms with van der Waals surface area (Å²) in [5.74, 6) is 1.88. The number of thioether (sulfide) groups is 1. The van der Waals surface area contributed by atoms with E-state index < -0.39 is 0 Å². The Morgan fingerprint density at radius 3 is 3.15 bits per heavy atom. The molecule has 0 aromatic carbocycles. The maximum Gasteiger partial charge on any atom is 0.110 e. The van der Waals surface area contributed by atoms with E-state index in [1.807, 2.05) is 11.8 Å². The Balaban J connectivity index is 2.28. The molecule has 0 saturated carbocycles. The molecule has 3 heteroatoms. The molecule has 1 saturated heterocycles. The van der Waals surface area contributed by atoms with Crippen LogP contribution in [-0.4, -0.2) is 30.1 Å². The van der Waals surface area contributed by atoms with Crippen molar-refractivity contribution in [1.82, 2.24) is 4.90 Å². The van der Waals surface area contributed by atoms with E-state index in [1.165, 1.54) is 29.3 Å². The minimum absolute atomic E-state index is 0.604. The van der Waals surface area contributed by atoms with Crippen LogP contribution in [-0.2, 0) is 0 Å². The van der Waals surface area contributed by atoms with Crippen molar-refractivity contribution in [2.45, 2.75) is 20.3 Å². The van der Waals surface area contributed by atoms with Crippen molar-refractivity contribution in [3.8, 4) is 0 Å². The average molecular weight is 196 g/mol. The van der Waals surface area contributed by atoms with E-state index in [1.54, 1.807) is 0 Å². The predicted octanol–water partition coefficient (Wildman–Crippen LogP) is 2.33. The van der Waals surface area contributed by atoms with Crippen LogP contribution in [0.4, 0.5) is 0 Å². The first-order valence-electron chi connectivity index (χ1n) is 4.91. The molecule has 2 aliphatic heterocycles. The summed E-state index contributed by atoms with van der Waals surface area (Å²) in [4.78, 5) is 6.80. The smallest absolute Gasteiger partial charge is 0.110 e. The molecule has 1 fully saturated rings. The summed E-state index contributed by atoms with van der Waals surface area (Å²) in [6, 6.07) is 0. The van der Waals surface area contributed by atoms with Crippen molar-refractivity contribution < 1.29 is 0 Å². The van der Waals surface area contributed by atoms with Crippen molar-refractivity contribution >= 4 is 18.0 Å². The highest BCUT2D eigenvalue weighted by atomic mass is 32.2. The van der Waals surface area contributed by atoms with Crippen molar-refractivity contribution in [2.24, 2.45) is 10.9 Å². The highest BCUT2D eigenvalue weighted by Crippen LogP contribution is 2.33. The van der Waals surface area contributed by atoms with E-state index in [0.717, 1.165) is 6.67 Å². The van der Waals surface area contributed by atoms with Gasteiger partial charge in [0.15, 0.2) is 0 Å². The zero-order valence-corrected chi connectivity index (χ0v) is 9.10. The Hall–Kier alpha value is -0.440. The molecule has 0 aromatic rings. The number of nitrogens with zero attached hydrogens (tertiary/aromatic N) is 2. The molecule has 0 N–H and O–H groups in total. The second-order valence-electron chi connectivity index (χ2n) is 3.83. The molecule has 0 unspecified atom stereocenters. The number of rotatable bonds is 1. The molecule has 0 spiro atoms. The fraction of sp³-hybridized carbons (Fsp3) is 0.700. The van der Waals surface area contributed by atoms with Crippen LogP contribution in [0.5, 0.6) is 0 Å². The van der Waals surface area contributed by atoms with E-state index in [0.29, 0.717) is 5.92 Å². The highest BCUT2D eigenvalue weighted by molar-refractivity contribution is 8.03. The molecule has 0 amide bonds. The molecule has 2 rings (SSSR count). The van der Waals surface area contributed by atoms with Gasteiger partial charge in [0.1, 0.15) is 6.67 Å². The van der Waals surface area contributed by atoms with Gasteiger partial charge in [-0.05, 0) is 12.3 Å². The Morgan fingerprint density at radius 1 is 1.54 bits per heavy atom. The van der Waals surface area contributed by atoms with Crippen molar-refractivity contribution in [3.63, 3.8) is 0 Å². The fourth-order valence-electron chi connectivity index (χ4n) is 1.71. The van der Waals surface area contributed by atoms with Gasteiger partial charge in [0.25, 0.3) is 0 Å².